The number of aromatic nitrogens is 2. The minimum atomic E-state index is -0.980. The van der Waals surface area contributed by atoms with Crippen molar-refractivity contribution < 1.29 is 9.90 Å². The molecule has 3 aromatic rings. The van der Waals surface area contributed by atoms with Crippen molar-refractivity contribution in [1.29, 1.82) is 0 Å². The number of aryl methyl sites for hydroxylation is 2. The van der Waals surface area contributed by atoms with Gasteiger partial charge in [-0.25, -0.2) is 9.78 Å². The van der Waals surface area contributed by atoms with Crippen molar-refractivity contribution >= 4 is 22.7 Å². The molecule has 0 bridgehead atoms. The van der Waals surface area contributed by atoms with Crippen LogP contribution < -0.4 is 4.90 Å². The Balaban J connectivity index is 1.94. The van der Waals surface area contributed by atoms with E-state index >= 15 is 0 Å². The summed E-state index contributed by atoms with van der Waals surface area (Å²) >= 11 is 0. The Kier molecular flexibility index (Phi) is 3.94. The highest BCUT2D eigenvalue weighted by Crippen LogP contribution is 2.34. The smallest absolute Gasteiger partial charge is 0.354 e. The Labute approximate surface area is 152 Å². The summed E-state index contributed by atoms with van der Waals surface area (Å²) in [6.07, 6.45) is 0.946. The molecule has 0 radical (unpaired) electrons. The van der Waals surface area contributed by atoms with Crippen LogP contribution in [0.4, 0.5) is 5.82 Å². The first kappa shape index (κ1) is 16.6. The van der Waals surface area contributed by atoms with Crippen molar-refractivity contribution in [2.24, 2.45) is 0 Å². The highest BCUT2D eigenvalue weighted by molar-refractivity contribution is 5.99. The SMILES string of the molecule is CCn1c(C)c(C)c2cc(C(=O)O)nc(N3CCc4ccccc4C3)c21. The van der Waals surface area contributed by atoms with E-state index in [4.69, 9.17) is 0 Å². The van der Waals surface area contributed by atoms with Gasteiger partial charge in [0.15, 0.2) is 11.5 Å². The second-order valence-electron chi connectivity index (χ2n) is 6.93. The second-order valence-corrected chi connectivity index (χ2v) is 6.93. The number of fused-ring (bicyclic) bond motifs is 2. The van der Waals surface area contributed by atoms with Crippen molar-refractivity contribution in [1.82, 2.24) is 9.55 Å². The highest BCUT2D eigenvalue weighted by Gasteiger charge is 2.24. The van der Waals surface area contributed by atoms with Crippen LogP contribution in [0, 0.1) is 13.8 Å². The second kappa shape index (κ2) is 6.16. The van der Waals surface area contributed by atoms with E-state index in [-0.39, 0.29) is 5.69 Å². The molecule has 0 amide bonds. The maximum absolute atomic E-state index is 11.7. The van der Waals surface area contributed by atoms with E-state index in [0.717, 1.165) is 48.3 Å². The summed E-state index contributed by atoms with van der Waals surface area (Å²) in [5.74, 6) is -0.195. The molecule has 5 nitrogen and oxygen atoms in total. The lowest BCUT2D eigenvalue weighted by Gasteiger charge is -2.30. The summed E-state index contributed by atoms with van der Waals surface area (Å²) < 4.78 is 2.25. The lowest BCUT2D eigenvalue weighted by atomic mass is 10.00. The molecule has 1 aromatic carbocycles. The summed E-state index contributed by atoms with van der Waals surface area (Å²) in [5, 5.41) is 10.6. The van der Waals surface area contributed by atoms with Crippen LogP contribution in [0.15, 0.2) is 30.3 Å². The van der Waals surface area contributed by atoms with Crippen LogP contribution in [0.25, 0.3) is 10.9 Å². The molecule has 134 valence electrons. The number of hydrogen-bond acceptors (Lipinski definition) is 3. The molecule has 0 fully saturated rings. The lowest BCUT2D eigenvalue weighted by molar-refractivity contribution is 0.0691. The topological polar surface area (TPSA) is 58.4 Å². The number of hydrogen-bond donors (Lipinski definition) is 1. The Morgan fingerprint density at radius 3 is 2.65 bits per heavy atom. The minimum Gasteiger partial charge on any atom is -0.477 e. The van der Waals surface area contributed by atoms with Crippen molar-refractivity contribution in [3.63, 3.8) is 0 Å². The number of nitrogens with zero attached hydrogens (tertiary/aromatic N) is 3. The van der Waals surface area contributed by atoms with Gasteiger partial charge in [0.1, 0.15) is 0 Å². The summed E-state index contributed by atoms with van der Waals surface area (Å²) in [6, 6.07) is 10.2. The summed E-state index contributed by atoms with van der Waals surface area (Å²) in [4.78, 5) is 18.5. The normalized spacial score (nSPS) is 13.9. The third-order valence-corrected chi connectivity index (χ3v) is 5.56. The molecule has 5 heteroatoms. The Morgan fingerprint density at radius 1 is 1.23 bits per heavy atom. The largest absolute Gasteiger partial charge is 0.477 e. The maximum Gasteiger partial charge on any atom is 0.354 e. The van der Waals surface area contributed by atoms with Crippen LogP contribution >= 0.6 is 0 Å². The monoisotopic (exact) mass is 349 g/mol. The quantitative estimate of drug-likeness (QED) is 0.778. The number of aromatic carboxylic acids is 1. The predicted octanol–water partition coefficient (Wildman–Crippen LogP) is 3.93. The molecule has 0 atom stereocenters. The summed E-state index contributed by atoms with van der Waals surface area (Å²) in [6.45, 7) is 8.71. The first-order valence-corrected chi connectivity index (χ1v) is 9.06. The van der Waals surface area contributed by atoms with E-state index in [1.54, 1.807) is 6.07 Å². The Bertz CT molecular complexity index is 1020. The first-order valence-electron chi connectivity index (χ1n) is 9.06. The van der Waals surface area contributed by atoms with Crippen molar-refractivity contribution in [3.8, 4) is 0 Å². The van der Waals surface area contributed by atoms with Gasteiger partial charge in [-0.3, -0.25) is 0 Å². The predicted molar refractivity (Wildman–Crippen MR) is 103 cm³/mol. The third-order valence-electron chi connectivity index (χ3n) is 5.56. The zero-order chi connectivity index (χ0) is 18.4. The molecular formula is C21H23N3O2. The van der Waals surface area contributed by atoms with Crippen molar-refractivity contribution in [3.05, 3.63) is 58.4 Å². The third kappa shape index (κ3) is 2.46. The van der Waals surface area contributed by atoms with Gasteiger partial charge in [-0.1, -0.05) is 24.3 Å². The van der Waals surface area contributed by atoms with Gasteiger partial charge in [0.25, 0.3) is 0 Å². The molecule has 0 aliphatic carbocycles. The van der Waals surface area contributed by atoms with E-state index < -0.39 is 5.97 Å². The number of carboxylic acid groups (broad SMARTS) is 1. The number of rotatable bonds is 3. The van der Waals surface area contributed by atoms with Gasteiger partial charge in [0, 0.05) is 30.7 Å². The number of anilines is 1. The fourth-order valence-corrected chi connectivity index (χ4v) is 4.04. The lowest BCUT2D eigenvalue weighted by Crippen LogP contribution is -2.31. The van der Waals surface area contributed by atoms with Crippen LogP contribution in [-0.2, 0) is 19.5 Å². The average Bonchev–Trinajstić information content (AvgIpc) is 2.91. The standard InChI is InChI=1S/C21H23N3O2/c1-4-24-14(3)13(2)17-11-18(21(25)26)22-20(19(17)24)23-10-9-15-7-5-6-8-16(15)12-23/h5-8,11H,4,9-10,12H2,1-3H3,(H,25,26). The molecule has 0 saturated heterocycles. The van der Waals surface area contributed by atoms with Gasteiger partial charge in [0.2, 0.25) is 0 Å². The number of carbonyl (C=O) groups is 1. The van der Waals surface area contributed by atoms with E-state index in [0.29, 0.717) is 0 Å². The molecule has 2 aromatic heterocycles. The number of pyridine rings is 1. The maximum atomic E-state index is 11.7. The van der Waals surface area contributed by atoms with Gasteiger partial charge in [-0.15, -0.1) is 0 Å². The van der Waals surface area contributed by atoms with E-state index in [9.17, 15) is 9.90 Å². The molecule has 3 heterocycles. The molecule has 1 aliphatic heterocycles. The van der Waals surface area contributed by atoms with E-state index in [1.165, 1.54) is 16.8 Å². The summed E-state index contributed by atoms with van der Waals surface area (Å²) in [7, 11) is 0. The van der Waals surface area contributed by atoms with Crippen molar-refractivity contribution in [2.75, 3.05) is 11.4 Å². The number of benzene rings is 1. The van der Waals surface area contributed by atoms with Crippen LogP contribution in [0.3, 0.4) is 0 Å². The van der Waals surface area contributed by atoms with Gasteiger partial charge in [-0.05, 0) is 49.9 Å². The Hall–Kier alpha value is -2.82. The van der Waals surface area contributed by atoms with Crippen LogP contribution in [0.1, 0.15) is 39.8 Å². The van der Waals surface area contributed by atoms with E-state index in [1.807, 2.05) is 0 Å². The summed E-state index contributed by atoms with van der Waals surface area (Å²) in [5.41, 5.74) is 6.12. The van der Waals surface area contributed by atoms with Gasteiger partial charge in [0.05, 0.1) is 5.52 Å². The molecule has 4 rings (SSSR count). The molecule has 1 N–H and O–H groups in total. The highest BCUT2D eigenvalue weighted by atomic mass is 16.4. The molecule has 0 spiro atoms. The average molecular weight is 349 g/mol. The minimum absolute atomic E-state index is 0.114. The van der Waals surface area contributed by atoms with E-state index in [2.05, 4.69) is 59.5 Å². The fourth-order valence-electron chi connectivity index (χ4n) is 4.04. The van der Waals surface area contributed by atoms with Crippen molar-refractivity contribution in [2.45, 2.75) is 40.3 Å². The van der Waals surface area contributed by atoms with Gasteiger partial charge < -0.3 is 14.6 Å². The number of carboxylic acids is 1. The zero-order valence-corrected chi connectivity index (χ0v) is 15.4. The molecule has 0 saturated carbocycles. The van der Waals surface area contributed by atoms with Gasteiger partial charge >= 0.3 is 5.97 Å². The molecule has 0 unspecified atom stereocenters. The van der Waals surface area contributed by atoms with Crippen LogP contribution in [0.5, 0.6) is 0 Å². The van der Waals surface area contributed by atoms with Crippen LogP contribution in [-0.4, -0.2) is 27.2 Å². The van der Waals surface area contributed by atoms with Gasteiger partial charge in [-0.2, -0.15) is 0 Å². The fraction of sp³-hybridized carbons (Fsp3) is 0.333. The van der Waals surface area contributed by atoms with Crippen LogP contribution in [0.2, 0.25) is 0 Å². The Morgan fingerprint density at radius 2 is 1.96 bits per heavy atom. The molecular weight excluding hydrogens is 326 g/mol. The molecule has 1 aliphatic rings. The molecule has 26 heavy (non-hydrogen) atoms. The zero-order valence-electron chi connectivity index (χ0n) is 15.4. The first-order chi connectivity index (χ1) is 12.5.